The first-order chi connectivity index (χ1) is 8.75. The average molecular weight is 285 g/mol. The number of β-amino-alcohol motifs (C(OH)–C–C–N with tert-alkyl or cyclic N) is 1. The van der Waals surface area contributed by atoms with Crippen LogP contribution in [-0.4, -0.2) is 42.4 Å². The Kier molecular flexibility index (Phi) is 7.21. The van der Waals surface area contributed by atoms with Gasteiger partial charge in [0, 0.05) is 6.54 Å². The molecule has 1 aromatic carbocycles. The molecule has 0 bridgehead atoms. The van der Waals surface area contributed by atoms with Crippen molar-refractivity contribution >= 4 is 0 Å². The van der Waals surface area contributed by atoms with Crippen molar-refractivity contribution in [3.63, 3.8) is 0 Å². The Morgan fingerprint density at radius 3 is 2.58 bits per heavy atom. The number of aliphatic hydroxyl groups excluding tert-OH is 1. The molecule has 0 spiro atoms. The Hall–Kier alpha value is -0.770. The molecule has 1 aliphatic rings. The summed E-state index contributed by atoms with van der Waals surface area (Å²) in [7, 11) is 0. The van der Waals surface area contributed by atoms with E-state index in [1.54, 1.807) is 0 Å². The van der Waals surface area contributed by atoms with Crippen LogP contribution in [0.1, 0.15) is 24.8 Å². The van der Waals surface area contributed by atoms with E-state index < -0.39 is 6.10 Å². The second-order valence-electron chi connectivity index (χ2n) is 5.09. The number of aryl methyl sites for hydroxylation is 1. The molecule has 0 aromatic heterocycles. The first-order valence-corrected chi connectivity index (χ1v) is 6.84. The summed E-state index contributed by atoms with van der Waals surface area (Å²) in [6, 6.07) is 7.92. The van der Waals surface area contributed by atoms with E-state index in [1.165, 1.54) is 19.3 Å². The summed E-state index contributed by atoms with van der Waals surface area (Å²) in [4.78, 5) is 2.33. The van der Waals surface area contributed by atoms with Gasteiger partial charge in [-0.3, -0.25) is 0 Å². The number of aliphatic hydroxyl groups is 1. The van der Waals surface area contributed by atoms with E-state index in [1.807, 2.05) is 31.2 Å². The van der Waals surface area contributed by atoms with Gasteiger partial charge >= 0.3 is 0 Å². The topological polar surface area (TPSA) is 32.7 Å². The zero-order valence-electron chi connectivity index (χ0n) is 11.5. The van der Waals surface area contributed by atoms with E-state index in [4.69, 9.17) is 4.74 Å². The van der Waals surface area contributed by atoms with Gasteiger partial charge in [0.1, 0.15) is 18.5 Å². The van der Waals surface area contributed by atoms with Crippen LogP contribution < -0.4 is 17.1 Å². The quantitative estimate of drug-likeness (QED) is 0.770. The maximum atomic E-state index is 9.99. The van der Waals surface area contributed by atoms with Crippen LogP contribution in [-0.2, 0) is 0 Å². The van der Waals surface area contributed by atoms with Gasteiger partial charge in [-0.1, -0.05) is 24.6 Å². The van der Waals surface area contributed by atoms with Gasteiger partial charge in [-0.05, 0) is 44.5 Å². The number of piperidine rings is 1. The fourth-order valence-electron chi connectivity index (χ4n) is 2.40. The largest absolute Gasteiger partial charge is 1.00 e. The Labute approximate surface area is 122 Å². The van der Waals surface area contributed by atoms with Crippen LogP contribution in [0.3, 0.4) is 0 Å². The van der Waals surface area contributed by atoms with Crippen molar-refractivity contribution in [1.29, 1.82) is 0 Å². The summed E-state index contributed by atoms with van der Waals surface area (Å²) in [6.07, 6.45) is 3.44. The van der Waals surface area contributed by atoms with Crippen LogP contribution in [0.2, 0.25) is 0 Å². The van der Waals surface area contributed by atoms with Crippen LogP contribution >= 0.6 is 0 Å². The van der Waals surface area contributed by atoms with Gasteiger partial charge in [0.05, 0.1) is 0 Å². The molecule has 1 aliphatic heterocycles. The Morgan fingerprint density at radius 2 is 1.89 bits per heavy atom. The van der Waals surface area contributed by atoms with E-state index in [-0.39, 0.29) is 12.4 Å². The maximum Gasteiger partial charge on any atom is 0.122 e. The first-order valence-electron chi connectivity index (χ1n) is 6.84. The Balaban J connectivity index is 0.00000180. The van der Waals surface area contributed by atoms with E-state index in [0.717, 1.165) is 30.9 Å². The summed E-state index contributed by atoms with van der Waals surface area (Å²) in [6.45, 7) is 5.35. The summed E-state index contributed by atoms with van der Waals surface area (Å²) >= 11 is 0. The minimum atomic E-state index is -0.400. The minimum Gasteiger partial charge on any atom is -1.00 e. The van der Waals surface area contributed by atoms with Gasteiger partial charge in [0.15, 0.2) is 0 Å². The third-order valence-electron chi connectivity index (χ3n) is 3.44. The molecule has 0 saturated carbocycles. The highest BCUT2D eigenvalue weighted by Crippen LogP contribution is 2.16. The Bertz CT molecular complexity index is 367. The number of rotatable bonds is 5. The second-order valence-corrected chi connectivity index (χ2v) is 5.09. The zero-order valence-corrected chi connectivity index (χ0v) is 12.3. The van der Waals surface area contributed by atoms with Gasteiger partial charge in [0.25, 0.3) is 0 Å². The highest BCUT2D eigenvalue weighted by molar-refractivity contribution is 5.31. The van der Waals surface area contributed by atoms with Crippen molar-refractivity contribution in [2.75, 3.05) is 26.2 Å². The fraction of sp³-hybridized carbons (Fsp3) is 0.600. The predicted octanol–water partition coefficient (Wildman–Crippen LogP) is -0.775. The molecule has 1 unspecified atom stereocenters. The molecule has 1 aromatic rings. The van der Waals surface area contributed by atoms with Gasteiger partial charge in [-0.25, -0.2) is 0 Å². The molecule has 4 heteroatoms. The van der Waals surface area contributed by atoms with Gasteiger partial charge in [-0.15, -0.1) is 0 Å². The molecule has 2 rings (SSSR count). The molecule has 0 aliphatic carbocycles. The molecule has 1 fully saturated rings. The van der Waals surface area contributed by atoms with Crippen molar-refractivity contribution in [2.45, 2.75) is 32.3 Å². The predicted molar refractivity (Wildman–Crippen MR) is 73.0 cm³/mol. The molecule has 1 atom stereocenters. The van der Waals surface area contributed by atoms with E-state index in [2.05, 4.69) is 4.90 Å². The lowest BCUT2D eigenvalue weighted by atomic mass is 10.1. The molecule has 3 nitrogen and oxygen atoms in total. The Morgan fingerprint density at radius 1 is 1.21 bits per heavy atom. The molecule has 108 valence electrons. The van der Waals surface area contributed by atoms with Crippen molar-refractivity contribution < 1.29 is 22.3 Å². The second kappa shape index (κ2) is 8.41. The van der Waals surface area contributed by atoms with Crippen molar-refractivity contribution in [3.8, 4) is 5.75 Å². The number of likely N-dealkylation sites (tertiary alicyclic amines) is 1. The third-order valence-corrected chi connectivity index (χ3v) is 3.44. The van der Waals surface area contributed by atoms with Gasteiger partial charge in [-0.2, -0.15) is 0 Å². The molecule has 19 heavy (non-hydrogen) atoms. The summed E-state index contributed by atoms with van der Waals surface area (Å²) < 4.78 is 5.66. The SMILES string of the molecule is Cc1ccccc1OCC(O)CN1CCCCC1.[Cl-]. The average Bonchev–Trinajstić information content (AvgIpc) is 2.39. The van der Waals surface area contributed by atoms with Crippen LogP contribution in [0.15, 0.2) is 24.3 Å². The lowest BCUT2D eigenvalue weighted by Crippen LogP contribution is -3.00. The maximum absolute atomic E-state index is 9.99. The zero-order chi connectivity index (χ0) is 12.8. The van der Waals surface area contributed by atoms with E-state index >= 15 is 0 Å². The summed E-state index contributed by atoms with van der Waals surface area (Å²) in [5, 5.41) is 9.99. The monoisotopic (exact) mass is 284 g/mol. The van der Waals surface area contributed by atoms with Crippen LogP contribution in [0.5, 0.6) is 5.75 Å². The normalized spacial score (nSPS) is 17.6. The van der Waals surface area contributed by atoms with Gasteiger partial charge in [0.2, 0.25) is 0 Å². The molecule has 0 radical (unpaired) electrons. The van der Waals surface area contributed by atoms with Crippen molar-refractivity contribution in [3.05, 3.63) is 29.8 Å². The highest BCUT2D eigenvalue weighted by atomic mass is 35.5. The minimum absolute atomic E-state index is 0. The third kappa shape index (κ3) is 5.39. The molecule has 0 amide bonds. The molecule has 1 heterocycles. The van der Waals surface area contributed by atoms with Gasteiger partial charge < -0.3 is 27.2 Å². The lowest BCUT2D eigenvalue weighted by Gasteiger charge is -2.28. The number of nitrogens with zero attached hydrogens (tertiary/aromatic N) is 1. The van der Waals surface area contributed by atoms with Crippen molar-refractivity contribution in [2.24, 2.45) is 0 Å². The number of para-hydroxylation sites is 1. The highest BCUT2D eigenvalue weighted by Gasteiger charge is 2.15. The molecule has 1 N–H and O–H groups in total. The number of ether oxygens (including phenoxy) is 1. The summed E-state index contributed by atoms with van der Waals surface area (Å²) in [5.41, 5.74) is 1.11. The van der Waals surface area contributed by atoms with Crippen LogP contribution in [0, 0.1) is 6.92 Å². The van der Waals surface area contributed by atoms with E-state index in [9.17, 15) is 5.11 Å². The smallest absolute Gasteiger partial charge is 0.122 e. The number of hydrogen-bond donors (Lipinski definition) is 1. The number of halogens is 1. The van der Waals surface area contributed by atoms with Crippen LogP contribution in [0.25, 0.3) is 0 Å². The van der Waals surface area contributed by atoms with Crippen molar-refractivity contribution in [1.82, 2.24) is 4.90 Å². The number of benzene rings is 1. The molecular weight excluding hydrogens is 262 g/mol. The molecule has 1 saturated heterocycles. The van der Waals surface area contributed by atoms with Crippen LogP contribution in [0.4, 0.5) is 0 Å². The fourth-order valence-corrected chi connectivity index (χ4v) is 2.40. The van der Waals surface area contributed by atoms with E-state index in [0.29, 0.717) is 6.61 Å². The molecular formula is C15H23ClNO2-. The standard InChI is InChI=1S/C15H23NO2.ClH/c1-13-7-3-4-8-15(13)18-12-14(17)11-16-9-5-2-6-10-16;/h3-4,7-8,14,17H,2,5-6,9-12H2,1H3;1H/p-1. The first kappa shape index (κ1) is 16.3. The number of hydrogen-bond acceptors (Lipinski definition) is 3. The lowest BCUT2D eigenvalue weighted by molar-refractivity contribution is -0.00000620. The summed E-state index contributed by atoms with van der Waals surface area (Å²) in [5.74, 6) is 0.871.